The van der Waals surface area contributed by atoms with Crippen LogP contribution in [-0.4, -0.2) is 17.8 Å². The molecule has 1 atom stereocenters. The summed E-state index contributed by atoms with van der Waals surface area (Å²) in [6.45, 7) is 13.4. The average molecular weight is 473 g/mol. The quantitative estimate of drug-likeness (QED) is 0.323. The maximum atomic E-state index is 6.38. The van der Waals surface area contributed by atoms with Gasteiger partial charge in [-0.25, -0.2) is 0 Å². The van der Waals surface area contributed by atoms with E-state index in [-0.39, 0.29) is 6.04 Å². The third-order valence-electron chi connectivity index (χ3n) is 6.56. The van der Waals surface area contributed by atoms with Crippen molar-refractivity contribution in [3.05, 3.63) is 94.3 Å². The molecule has 3 aromatic rings. The molecule has 0 bridgehead atoms. The lowest BCUT2D eigenvalue weighted by Gasteiger charge is -2.35. The molecule has 1 unspecified atom stereocenters. The minimum Gasteiger partial charge on any atom is -0.492 e. The molecule has 5 nitrogen and oxygen atoms in total. The summed E-state index contributed by atoms with van der Waals surface area (Å²) in [6, 6.07) is 17.2. The first-order valence-corrected chi connectivity index (χ1v) is 12.5. The van der Waals surface area contributed by atoms with E-state index in [1.54, 1.807) is 0 Å². The molecule has 1 aliphatic rings. The Kier molecular flexibility index (Phi) is 7.64. The standard InChI is InChI=1S/C30H36N2O3/c1-7-12-26-18-24(15-16-27(26)25-13-10-9-11-14-25)19-34-28-17-20(3)32(22(5)29(28)33-8-2)30-21(4)23(6)35-31-30/h9-11,13-18,22H,7-8,12,19H2,1-6H3. The molecule has 0 N–H and O–H groups in total. The van der Waals surface area contributed by atoms with Crippen LogP contribution >= 0.6 is 0 Å². The second kappa shape index (κ2) is 10.9. The number of benzene rings is 2. The summed E-state index contributed by atoms with van der Waals surface area (Å²) in [4.78, 5) is 2.15. The summed E-state index contributed by atoms with van der Waals surface area (Å²) in [7, 11) is 0. The lowest BCUT2D eigenvalue weighted by atomic mass is 9.95. The lowest BCUT2D eigenvalue weighted by Crippen LogP contribution is -2.38. The summed E-state index contributed by atoms with van der Waals surface area (Å²) < 4.78 is 17.9. The van der Waals surface area contributed by atoms with Crippen molar-refractivity contribution in [2.45, 2.75) is 67.0 Å². The fourth-order valence-corrected chi connectivity index (χ4v) is 4.67. The van der Waals surface area contributed by atoms with Gasteiger partial charge in [0.2, 0.25) is 0 Å². The van der Waals surface area contributed by atoms with Crippen molar-refractivity contribution in [2.24, 2.45) is 0 Å². The van der Waals surface area contributed by atoms with E-state index in [0.717, 1.165) is 52.8 Å². The van der Waals surface area contributed by atoms with Crippen molar-refractivity contribution in [3.8, 4) is 11.1 Å². The molecule has 1 aliphatic heterocycles. The van der Waals surface area contributed by atoms with Gasteiger partial charge < -0.3 is 18.9 Å². The second-order valence-corrected chi connectivity index (χ2v) is 9.08. The molecule has 35 heavy (non-hydrogen) atoms. The van der Waals surface area contributed by atoms with E-state index in [1.165, 1.54) is 16.7 Å². The van der Waals surface area contributed by atoms with Gasteiger partial charge in [-0.15, -0.1) is 0 Å². The Hall–Kier alpha value is -3.47. The monoisotopic (exact) mass is 472 g/mol. The van der Waals surface area contributed by atoms with Crippen molar-refractivity contribution in [1.29, 1.82) is 0 Å². The van der Waals surface area contributed by atoms with Crippen LogP contribution in [0.1, 0.15) is 56.6 Å². The zero-order chi connectivity index (χ0) is 24.9. The zero-order valence-corrected chi connectivity index (χ0v) is 21.7. The number of rotatable bonds is 9. The van der Waals surface area contributed by atoms with Gasteiger partial charge in [-0.05, 0) is 63.3 Å². The van der Waals surface area contributed by atoms with E-state index < -0.39 is 0 Å². The van der Waals surface area contributed by atoms with Crippen molar-refractivity contribution in [1.82, 2.24) is 5.16 Å². The normalized spacial score (nSPS) is 15.9. The van der Waals surface area contributed by atoms with Crippen molar-refractivity contribution < 1.29 is 14.0 Å². The first-order chi connectivity index (χ1) is 16.9. The minimum atomic E-state index is -0.0609. The van der Waals surface area contributed by atoms with Gasteiger partial charge in [0.25, 0.3) is 0 Å². The Balaban J connectivity index is 1.59. The Morgan fingerprint density at radius 3 is 2.43 bits per heavy atom. The second-order valence-electron chi connectivity index (χ2n) is 9.08. The van der Waals surface area contributed by atoms with Crippen molar-refractivity contribution in [3.63, 3.8) is 0 Å². The highest BCUT2D eigenvalue weighted by atomic mass is 16.5. The molecular formula is C30H36N2O3. The molecule has 0 aliphatic carbocycles. The lowest BCUT2D eigenvalue weighted by molar-refractivity contribution is 0.146. The Morgan fingerprint density at radius 1 is 1.00 bits per heavy atom. The number of aryl methyl sites for hydroxylation is 2. The van der Waals surface area contributed by atoms with Crippen LogP contribution in [0.3, 0.4) is 0 Å². The molecule has 0 saturated heterocycles. The first kappa shape index (κ1) is 24.6. The molecule has 0 amide bonds. The number of allylic oxidation sites excluding steroid dienone is 2. The van der Waals surface area contributed by atoms with E-state index in [0.29, 0.717) is 13.2 Å². The number of anilines is 1. The molecule has 5 heteroatoms. The van der Waals surface area contributed by atoms with Crippen LogP contribution < -0.4 is 4.90 Å². The maximum absolute atomic E-state index is 6.38. The van der Waals surface area contributed by atoms with Gasteiger partial charge in [0.15, 0.2) is 17.3 Å². The van der Waals surface area contributed by atoms with Crippen molar-refractivity contribution >= 4 is 5.82 Å². The number of hydrogen-bond donors (Lipinski definition) is 0. The number of aromatic nitrogens is 1. The first-order valence-electron chi connectivity index (χ1n) is 12.5. The molecule has 184 valence electrons. The average Bonchev–Trinajstić information content (AvgIpc) is 3.18. The molecule has 2 aromatic carbocycles. The summed E-state index contributed by atoms with van der Waals surface area (Å²) >= 11 is 0. The molecule has 0 radical (unpaired) electrons. The van der Waals surface area contributed by atoms with Gasteiger partial charge >= 0.3 is 0 Å². The van der Waals surface area contributed by atoms with Crippen LogP contribution in [0.2, 0.25) is 0 Å². The van der Waals surface area contributed by atoms with Crippen LogP contribution in [-0.2, 0) is 22.5 Å². The van der Waals surface area contributed by atoms with E-state index in [2.05, 4.69) is 79.4 Å². The molecule has 1 aromatic heterocycles. The van der Waals surface area contributed by atoms with E-state index in [1.807, 2.05) is 26.8 Å². The molecule has 0 saturated carbocycles. The van der Waals surface area contributed by atoms with Crippen LogP contribution in [0.25, 0.3) is 11.1 Å². The van der Waals surface area contributed by atoms with Gasteiger partial charge in [-0.3, -0.25) is 0 Å². The van der Waals surface area contributed by atoms with Gasteiger partial charge in [0.1, 0.15) is 12.4 Å². The summed E-state index contributed by atoms with van der Waals surface area (Å²) in [6.07, 6.45) is 4.17. The van der Waals surface area contributed by atoms with Gasteiger partial charge in [-0.2, -0.15) is 0 Å². The van der Waals surface area contributed by atoms with Crippen molar-refractivity contribution in [2.75, 3.05) is 11.5 Å². The van der Waals surface area contributed by atoms with Crippen LogP contribution in [0, 0.1) is 13.8 Å². The van der Waals surface area contributed by atoms with Crippen LogP contribution in [0.15, 0.2) is 76.3 Å². The van der Waals surface area contributed by atoms with E-state index in [9.17, 15) is 0 Å². The van der Waals surface area contributed by atoms with Gasteiger partial charge in [0, 0.05) is 17.3 Å². The Bertz CT molecular complexity index is 1220. The Morgan fingerprint density at radius 2 is 1.77 bits per heavy atom. The fraction of sp³-hybridized carbons (Fsp3) is 0.367. The van der Waals surface area contributed by atoms with E-state index >= 15 is 0 Å². The summed E-state index contributed by atoms with van der Waals surface area (Å²) in [5.41, 5.74) is 7.13. The van der Waals surface area contributed by atoms with Crippen LogP contribution in [0.5, 0.6) is 0 Å². The number of ether oxygens (including phenoxy) is 2. The number of hydrogen-bond acceptors (Lipinski definition) is 5. The smallest absolute Gasteiger partial charge is 0.180 e. The minimum absolute atomic E-state index is 0.0609. The highest BCUT2D eigenvalue weighted by Crippen LogP contribution is 2.35. The molecule has 0 spiro atoms. The predicted molar refractivity (Wildman–Crippen MR) is 141 cm³/mol. The molecular weight excluding hydrogens is 436 g/mol. The topological polar surface area (TPSA) is 47.7 Å². The maximum Gasteiger partial charge on any atom is 0.180 e. The third kappa shape index (κ3) is 5.14. The summed E-state index contributed by atoms with van der Waals surface area (Å²) in [5.74, 6) is 3.23. The van der Waals surface area contributed by atoms with Crippen LogP contribution in [0.4, 0.5) is 5.82 Å². The summed E-state index contributed by atoms with van der Waals surface area (Å²) in [5, 5.41) is 4.30. The molecule has 4 rings (SSSR count). The fourth-order valence-electron chi connectivity index (χ4n) is 4.67. The van der Waals surface area contributed by atoms with E-state index in [4.69, 9.17) is 14.0 Å². The zero-order valence-electron chi connectivity index (χ0n) is 21.7. The third-order valence-corrected chi connectivity index (χ3v) is 6.56. The SMILES string of the molecule is CCCc1cc(COC2=C(OCC)C(C)N(c3noc(C)c3C)C(C)=C2)ccc1-c1ccccc1. The van der Waals surface area contributed by atoms with Gasteiger partial charge in [-0.1, -0.05) is 67.0 Å². The van der Waals surface area contributed by atoms with Gasteiger partial charge in [0.05, 0.1) is 12.6 Å². The largest absolute Gasteiger partial charge is 0.492 e. The number of nitrogens with zero attached hydrogens (tertiary/aromatic N) is 2. The predicted octanol–water partition coefficient (Wildman–Crippen LogP) is 7.49. The molecule has 2 heterocycles. The highest BCUT2D eigenvalue weighted by molar-refractivity contribution is 5.68. The molecule has 0 fully saturated rings. The Labute approximate surface area is 209 Å². The highest BCUT2D eigenvalue weighted by Gasteiger charge is 2.32.